The number of rotatable bonds is 3. The first kappa shape index (κ1) is 17.1. The molecule has 0 radical (unpaired) electrons. The second kappa shape index (κ2) is 6.88. The molecule has 0 fully saturated rings. The van der Waals surface area contributed by atoms with Gasteiger partial charge in [0, 0.05) is 5.56 Å². The van der Waals surface area contributed by atoms with Gasteiger partial charge in [0.1, 0.15) is 0 Å². The van der Waals surface area contributed by atoms with Crippen molar-refractivity contribution in [1.29, 1.82) is 0 Å². The Morgan fingerprint density at radius 1 is 0.448 bits per heavy atom. The van der Waals surface area contributed by atoms with Gasteiger partial charge in [-0.2, -0.15) is 0 Å². The maximum atomic E-state index is 13.5. The number of imide groups is 1. The van der Waals surface area contributed by atoms with Crippen molar-refractivity contribution in [2.75, 3.05) is 4.90 Å². The summed E-state index contributed by atoms with van der Waals surface area (Å²) < 4.78 is 0. The molecule has 1 aliphatic rings. The predicted octanol–water partition coefficient (Wildman–Crippen LogP) is 5.82. The van der Waals surface area contributed by atoms with Crippen LogP contribution in [0.3, 0.4) is 0 Å². The molecule has 138 valence electrons. The van der Waals surface area contributed by atoms with Crippen molar-refractivity contribution in [3.63, 3.8) is 0 Å². The highest BCUT2D eigenvalue weighted by atomic mass is 16.2. The van der Waals surface area contributed by atoms with E-state index in [0.717, 1.165) is 22.3 Å². The summed E-state index contributed by atoms with van der Waals surface area (Å²) in [6, 6.07) is 32.5. The van der Waals surface area contributed by atoms with Crippen LogP contribution in [0.15, 0.2) is 103 Å². The quantitative estimate of drug-likeness (QED) is 0.423. The molecule has 4 aromatic rings. The normalized spacial score (nSPS) is 12.9. The number of hydrogen-bond acceptors (Lipinski definition) is 2. The summed E-state index contributed by atoms with van der Waals surface area (Å²) in [5.41, 5.74) is 5.15. The van der Waals surface area contributed by atoms with E-state index >= 15 is 0 Å². The van der Waals surface area contributed by atoms with E-state index in [1.54, 1.807) is 18.2 Å². The molecule has 0 atom stereocenters. The summed E-state index contributed by atoms with van der Waals surface area (Å²) in [4.78, 5) is 27.9. The van der Waals surface area contributed by atoms with Gasteiger partial charge in [-0.15, -0.1) is 0 Å². The maximum Gasteiger partial charge on any atom is 0.266 e. The third-order valence-electron chi connectivity index (χ3n) is 5.22. The minimum atomic E-state index is -0.284. The summed E-state index contributed by atoms with van der Waals surface area (Å²) >= 11 is 0. The summed E-state index contributed by atoms with van der Waals surface area (Å²) in [7, 11) is 0. The van der Waals surface area contributed by atoms with Crippen LogP contribution in [0, 0.1) is 0 Å². The van der Waals surface area contributed by atoms with Gasteiger partial charge in [0.2, 0.25) is 0 Å². The molecule has 0 N–H and O–H groups in total. The highest BCUT2D eigenvalue weighted by molar-refractivity contribution is 6.36. The van der Waals surface area contributed by atoms with E-state index in [1.165, 1.54) is 4.90 Å². The van der Waals surface area contributed by atoms with E-state index < -0.39 is 0 Å². The van der Waals surface area contributed by atoms with Gasteiger partial charge in [-0.1, -0.05) is 84.9 Å². The van der Waals surface area contributed by atoms with E-state index in [4.69, 9.17) is 0 Å². The first-order valence-corrected chi connectivity index (χ1v) is 9.47. The third-order valence-corrected chi connectivity index (χ3v) is 5.22. The highest BCUT2D eigenvalue weighted by Gasteiger charge is 2.39. The van der Waals surface area contributed by atoms with Gasteiger partial charge in [-0.25, -0.2) is 4.90 Å². The fraction of sp³-hybridized carbons (Fsp3) is 0. The molecule has 3 heteroatoms. The van der Waals surface area contributed by atoms with Crippen LogP contribution in [0.1, 0.15) is 20.7 Å². The summed E-state index contributed by atoms with van der Waals surface area (Å²) in [6.07, 6.45) is 0. The Morgan fingerprint density at radius 2 is 0.966 bits per heavy atom. The monoisotopic (exact) mass is 375 g/mol. The number of carbonyl (C=O) groups excluding carboxylic acids is 2. The number of anilines is 1. The Morgan fingerprint density at radius 3 is 1.59 bits per heavy atom. The molecule has 4 aromatic carbocycles. The Bertz CT molecular complexity index is 1220. The van der Waals surface area contributed by atoms with E-state index in [-0.39, 0.29) is 11.8 Å². The van der Waals surface area contributed by atoms with Crippen LogP contribution in [0.25, 0.3) is 22.3 Å². The lowest BCUT2D eigenvalue weighted by Crippen LogP contribution is -2.29. The van der Waals surface area contributed by atoms with E-state index in [2.05, 4.69) is 0 Å². The van der Waals surface area contributed by atoms with Gasteiger partial charge in [-0.05, 0) is 34.9 Å². The van der Waals surface area contributed by atoms with Crippen molar-refractivity contribution in [3.8, 4) is 22.3 Å². The van der Waals surface area contributed by atoms with Crippen LogP contribution in [0.4, 0.5) is 5.69 Å². The minimum absolute atomic E-state index is 0.284. The fourth-order valence-corrected chi connectivity index (χ4v) is 3.90. The molecule has 0 aliphatic carbocycles. The summed E-state index contributed by atoms with van der Waals surface area (Å²) in [6.45, 7) is 0. The van der Waals surface area contributed by atoms with Crippen molar-refractivity contribution >= 4 is 17.5 Å². The summed E-state index contributed by atoms with van der Waals surface area (Å²) in [5.74, 6) is -0.569. The zero-order valence-corrected chi connectivity index (χ0v) is 15.6. The summed E-state index contributed by atoms with van der Waals surface area (Å²) in [5, 5.41) is 0. The lowest BCUT2D eigenvalue weighted by Gasteiger charge is -2.15. The predicted molar refractivity (Wildman–Crippen MR) is 115 cm³/mol. The largest absolute Gasteiger partial charge is 0.268 e. The number of para-hydroxylation sites is 1. The standard InChI is InChI=1S/C26H17NO2/c28-25-22-17-16-21(18-10-4-1-5-11-18)23(19-12-6-2-7-13-19)24(22)26(29)27(25)20-14-8-3-9-15-20/h1-17H. The van der Waals surface area contributed by atoms with Gasteiger partial charge in [-0.3, -0.25) is 9.59 Å². The highest BCUT2D eigenvalue weighted by Crippen LogP contribution is 2.41. The molecule has 1 aliphatic heterocycles. The minimum Gasteiger partial charge on any atom is -0.268 e. The number of fused-ring (bicyclic) bond motifs is 1. The Labute approximate surface area is 168 Å². The van der Waals surface area contributed by atoms with Crippen molar-refractivity contribution in [2.45, 2.75) is 0 Å². The fourth-order valence-electron chi connectivity index (χ4n) is 3.90. The number of benzene rings is 4. The molecular formula is C26H17NO2. The molecule has 29 heavy (non-hydrogen) atoms. The van der Waals surface area contributed by atoms with Gasteiger partial charge in [0.15, 0.2) is 0 Å². The van der Waals surface area contributed by atoms with Crippen molar-refractivity contribution in [2.24, 2.45) is 0 Å². The first-order chi connectivity index (χ1) is 14.3. The zero-order valence-electron chi connectivity index (χ0n) is 15.6. The molecule has 5 rings (SSSR count). The van der Waals surface area contributed by atoms with Crippen LogP contribution >= 0.6 is 0 Å². The van der Waals surface area contributed by atoms with E-state index in [9.17, 15) is 9.59 Å². The average molecular weight is 375 g/mol. The molecular weight excluding hydrogens is 358 g/mol. The van der Waals surface area contributed by atoms with E-state index in [1.807, 2.05) is 84.9 Å². The number of carbonyl (C=O) groups is 2. The van der Waals surface area contributed by atoms with Crippen LogP contribution in [0.2, 0.25) is 0 Å². The molecule has 0 saturated heterocycles. The lowest BCUT2D eigenvalue weighted by atomic mass is 9.88. The average Bonchev–Trinajstić information content (AvgIpc) is 3.05. The lowest BCUT2D eigenvalue weighted by molar-refractivity contribution is 0.0926. The second-order valence-electron chi connectivity index (χ2n) is 6.92. The van der Waals surface area contributed by atoms with Crippen LogP contribution in [0.5, 0.6) is 0 Å². The van der Waals surface area contributed by atoms with Crippen molar-refractivity contribution < 1.29 is 9.59 Å². The Kier molecular flexibility index (Phi) is 4.07. The van der Waals surface area contributed by atoms with Crippen LogP contribution in [-0.4, -0.2) is 11.8 Å². The molecule has 1 heterocycles. The van der Waals surface area contributed by atoms with Gasteiger partial charge in [0.05, 0.1) is 16.8 Å². The van der Waals surface area contributed by atoms with Gasteiger partial charge < -0.3 is 0 Å². The van der Waals surface area contributed by atoms with Crippen LogP contribution < -0.4 is 4.90 Å². The molecule has 0 aromatic heterocycles. The zero-order chi connectivity index (χ0) is 19.8. The van der Waals surface area contributed by atoms with Crippen LogP contribution in [-0.2, 0) is 0 Å². The molecule has 2 amide bonds. The first-order valence-electron chi connectivity index (χ1n) is 9.47. The number of amides is 2. The van der Waals surface area contributed by atoms with Gasteiger partial charge >= 0.3 is 0 Å². The Balaban J connectivity index is 1.78. The SMILES string of the molecule is O=C1c2ccc(-c3ccccc3)c(-c3ccccc3)c2C(=O)N1c1ccccc1. The maximum absolute atomic E-state index is 13.5. The topological polar surface area (TPSA) is 37.4 Å². The smallest absolute Gasteiger partial charge is 0.266 e. The van der Waals surface area contributed by atoms with E-state index in [0.29, 0.717) is 16.8 Å². The van der Waals surface area contributed by atoms with Gasteiger partial charge in [0.25, 0.3) is 11.8 Å². The molecule has 0 unspecified atom stereocenters. The third kappa shape index (κ3) is 2.75. The molecule has 3 nitrogen and oxygen atoms in total. The van der Waals surface area contributed by atoms with Crippen molar-refractivity contribution in [3.05, 3.63) is 114 Å². The Hall–Kier alpha value is -3.98. The number of nitrogens with zero attached hydrogens (tertiary/aromatic N) is 1. The number of hydrogen-bond donors (Lipinski definition) is 0. The molecule has 0 bridgehead atoms. The molecule has 0 saturated carbocycles. The molecule has 0 spiro atoms. The van der Waals surface area contributed by atoms with Crippen molar-refractivity contribution in [1.82, 2.24) is 0 Å². The second-order valence-corrected chi connectivity index (χ2v) is 6.92.